The van der Waals surface area contributed by atoms with E-state index in [1.165, 1.54) is 104 Å². The first-order chi connectivity index (χ1) is 22.1. The lowest BCUT2D eigenvalue weighted by molar-refractivity contribution is 0.865. The van der Waals surface area contributed by atoms with Gasteiger partial charge in [0.2, 0.25) is 0 Å². The molecule has 10 aromatic rings. The first-order valence-corrected chi connectivity index (χ1v) is 15.6. The Morgan fingerprint density at radius 1 is 0.622 bits per heavy atom. The molecule has 1 unspecified atom stereocenters. The van der Waals surface area contributed by atoms with Crippen LogP contribution >= 0.6 is 0 Å². The Morgan fingerprint density at radius 2 is 1.20 bits per heavy atom. The van der Waals surface area contributed by atoms with Crippen molar-refractivity contribution in [2.75, 3.05) is 6.54 Å². The molecule has 45 heavy (non-hydrogen) atoms. The molecule has 0 amide bonds. The van der Waals surface area contributed by atoms with E-state index in [1.54, 1.807) is 0 Å². The van der Waals surface area contributed by atoms with Gasteiger partial charge in [-0.15, -0.1) is 6.42 Å². The van der Waals surface area contributed by atoms with Gasteiger partial charge in [0.1, 0.15) is 0 Å². The molecule has 0 aliphatic rings. The summed E-state index contributed by atoms with van der Waals surface area (Å²) in [5, 5.41) is 12.9. The Morgan fingerprint density at radius 3 is 1.87 bits per heavy atom. The number of aromatic nitrogens is 2. The number of nitrogens with two attached hydrogens (primary N) is 1. The minimum absolute atomic E-state index is 0.0568. The summed E-state index contributed by atoms with van der Waals surface area (Å²) in [6, 6.07) is 34.0. The van der Waals surface area contributed by atoms with Crippen molar-refractivity contribution in [3.8, 4) is 12.3 Å². The zero-order valence-corrected chi connectivity index (χ0v) is 25.1. The van der Waals surface area contributed by atoms with E-state index in [0.717, 1.165) is 0 Å². The van der Waals surface area contributed by atoms with Gasteiger partial charge in [0.05, 0.1) is 33.1 Å². The fourth-order valence-electron chi connectivity index (χ4n) is 8.57. The minimum atomic E-state index is -0.0568. The van der Waals surface area contributed by atoms with E-state index in [0.29, 0.717) is 6.54 Å². The fourth-order valence-corrected chi connectivity index (χ4v) is 8.57. The quantitative estimate of drug-likeness (QED) is 0.209. The van der Waals surface area contributed by atoms with Gasteiger partial charge < -0.3 is 14.5 Å². The highest BCUT2D eigenvalue weighted by molar-refractivity contribution is 6.42. The third kappa shape index (κ3) is 2.91. The Bertz CT molecular complexity index is 2920. The van der Waals surface area contributed by atoms with Crippen molar-refractivity contribution in [1.82, 2.24) is 8.80 Å². The standard InChI is InChI=1S/C42H29N3/c1-4-5-10-25(22-43)36-31-21-28-26-11-6-8-13-32(26)44-34-17-15-23(2)19-29(34)39(41(28)44)37(31)40-30-20-24(3)16-18-35(30)45-33-14-9-7-12-27(33)38(36)42(40)45/h1,5-21,25H,22,43H2,2-3H3/b10-5-. The zero-order chi connectivity index (χ0) is 30.1. The van der Waals surface area contributed by atoms with Gasteiger partial charge in [0, 0.05) is 60.9 Å². The summed E-state index contributed by atoms with van der Waals surface area (Å²) in [5.41, 5.74) is 17.9. The topological polar surface area (TPSA) is 34.8 Å². The van der Waals surface area contributed by atoms with Crippen molar-refractivity contribution in [2.24, 2.45) is 5.73 Å². The Hall–Kier alpha value is -5.56. The van der Waals surface area contributed by atoms with Crippen LogP contribution in [-0.4, -0.2) is 15.3 Å². The highest BCUT2D eigenvalue weighted by Crippen LogP contribution is 2.52. The van der Waals surface area contributed by atoms with E-state index < -0.39 is 0 Å². The molecule has 0 saturated heterocycles. The number of para-hydroxylation sites is 2. The molecule has 1 atom stereocenters. The average molecular weight is 576 g/mol. The van der Waals surface area contributed by atoms with Gasteiger partial charge >= 0.3 is 0 Å². The molecule has 4 aromatic heterocycles. The Balaban J connectivity index is 1.65. The summed E-state index contributed by atoms with van der Waals surface area (Å²) in [7, 11) is 0. The van der Waals surface area contributed by atoms with E-state index >= 15 is 0 Å². The molecule has 0 spiro atoms. The van der Waals surface area contributed by atoms with Crippen LogP contribution in [0.1, 0.15) is 22.6 Å². The molecule has 0 aliphatic heterocycles. The number of benzene rings is 6. The largest absolute Gasteiger partial charge is 0.330 e. The smallest absolute Gasteiger partial charge is 0.0630 e. The van der Waals surface area contributed by atoms with Crippen molar-refractivity contribution in [1.29, 1.82) is 0 Å². The minimum Gasteiger partial charge on any atom is -0.330 e. The van der Waals surface area contributed by atoms with Crippen molar-refractivity contribution in [2.45, 2.75) is 19.8 Å². The van der Waals surface area contributed by atoms with Crippen LogP contribution in [0.4, 0.5) is 0 Å². The van der Waals surface area contributed by atoms with Crippen LogP contribution in [0.5, 0.6) is 0 Å². The predicted molar refractivity (Wildman–Crippen MR) is 193 cm³/mol. The van der Waals surface area contributed by atoms with E-state index in [9.17, 15) is 0 Å². The maximum Gasteiger partial charge on any atom is 0.0630 e. The van der Waals surface area contributed by atoms with Gasteiger partial charge in [-0.3, -0.25) is 0 Å². The van der Waals surface area contributed by atoms with E-state index in [2.05, 4.69) is 126 Å². The lowest BCUT2D eigenvalue weighted by Crippen LogP contribution is -2.11. The molecule has 0 aliphatic carbocycles. The number of hydrogen-bond donors (Lipinski definition) is 1. The molecule has 2 N–H and O–H groups in total. The highest BCUT2D eigenvalue weighted by atomic mass is 14.9. The number of nitrogens with zero attached hydrogens (tertiary/aromatic N) is 2. The molecule has 10 rings (SSSR count). The van der Waals surface area contributed by atoms with Crippen LogP contribution in [0.2, 0.25) is 0 Å². The van der Waals surface area contributed by atoms with Crippen molar-refractivity contribution in [3.63, 3.8) is 0 Å². The first-order valence-electron chi connectivity index (χ1n) is 15.6. The molecule has 0 bridgehead atoms. The second-order valence-corrected chi connectivity index (χ2v) is 12.7. The van der Waals surface area contributed by atoms with E-state index in [4.69, 9.17) is 12.2 Å². The Labute approximate surface area is 259 Å². The average Bonchev–Trinajstić information content (AvgIpc) is 3.77. The van der Waals surface area contributed by atoms with Crippen LogP contribution < -0.4 is 5.73 Å². The van der Waals surface area contributed by atoms with Crippen LogP contribution in [0.25, 0.3) is 87.0 Å². The van der Waals surface area contributed by atoms with Gasteiger partial charge in [-0.25, -0.2) is 0 Å². The second-order valence-electron chi connectivity index (χ2n) is 12.7. The van der Waals surface area contributed by atoms with Gasteiger partial charge in [-0.05, 0) is 73.3 Å². The lowest BCUT2D eigenvalue weighted by Gasteiger charge is -2.18. The molecule has 0 fully saturated rings. The highest BCUT2D eigenvalue weighted by Gasteiger charge is 2.29. The molecular formula is C42H29N3. The first kappa shape index (κ1) is 24.8. The van der Waals surface area contributed by atoms with Gasteiger partial charge in [0.25, 0.3) is 0 Å². The number of terminal acetylenes is 1. The summed E-state index contributed by atoms with van der Waals surface area (Å²) >= 11 is 0. The molecule has 0 saturated carbocycles. The summed E-state index contributed by atoms with van der Waals surface area (Å²) < 4.78 is 4.99. The second kappa shape index (κ2) is 8.54. The molecule has 0 radical (unpaired) electrons. The zero-order valence-electron chi connectivity index (χ0n) is 25.1. The maximum absolute atomic E-state index is 6.67. The summed E-state index contributed by atoms with van der Waals surface area (Å²) in [6.07, 6.45) is 9.74. The van der Waals surface area contributed by atoms with Gasteiger partial charge in [-0.1, -0.05) is 71.7 Å². The maximum atomic E-state index is 6.67. The molecule has 6 aromatic carbocycles. The lowest BCUT2D eigenvalue weighted by atomic mass is 9.84. The summed E-state index contributed by atoms with van der Waals surface area (Å²) in [4.78, 5) is 0. The number of aryl methyl sites for hydroxylation is 2. The van der Waals surface area contributed by atoms with Crippen LogP contribution in [-0.2, 0) is 0 Å². The monoisotopic (exact) mass is 575 g/mol. The van der Waals surface area contributed by atoms with E-state index in [-0.39, 0.29) is 5.92 Å². The van der Waals surface area contributed by atoms with Crippen LogP contribution in [0.15, 0.2) is 103 Å². The molecule has 3 heteroatoms. The Kier molecular flexibility index (Phi) is 4.71. The normalized spacial score (nSPS) is 13.6. The molecule has 3 nitrogen and oxygen atoms in total. The number of allylic oxidation sites excluding steroid dienone is 1. The van der Waals surface area contributed by atoms with E-state index in [1.807, 2.05) is 6.08 Å². The fraction of sp³-hybridized carbons (Fsp3) is 0.0952. The summed E-state index contributed by atoms with van der Waals surface area (Å²) in [5.74, 6) is 2.68. The SMILES string of the molecule is C#C/C=C\C(CN)c1c2cc3c4ccccc4n4c5ccc(C)cc5c(c2c2c5cc(C)ccc5n5c6ccccc6c1c25)c34. The third-order valence-corrected chi connectivity index (χ3v) is 10.3. The number of fused-ring (bicyclic) bond motifs is 15. The van der Waals surface area contributed by atoms with Gasteiger partial charge in [-0.2, -0.15) is 0 Å². The third-order valence-electron chi connectivity index (χ3n) is 10.3. The van der Waals surface area contributed by atoms with Crippen molar-refractivity contribution in [3.05, 3.63) is 120 Å². The number of rotatable bonds is 3. The molecule has 212 valence electrons. The molecule has 4 heterocycles. The number of hydrogen-bond acceptors (Lipinski definition) is 1. The van der Waals surface area contributed by atoms with Crippen molar-refractivity contribution < 1.29 is 0 Å². The summed E-state index contributed by atoms with van der Waals surface area (Å²) in [6.45, 7) is 4.85. The molecular weight excluding hydrogens is 546 g/mol. The van der Waals surface area contributed by atoms with Crippen molar-refractivity contribution >= 4 is 87.0 Å². The predicted octanol–water partition coefficient (Wildman–Crippen LogP) is 9.99. The van der Waals surface area contributed by atoms with Crippen LogP contribution in [0.3, 0.4) is 0 Å². The van der Waals surface area contributed by atoms with Crippen LogP contribution in [0, 0.1) is 26.2 Å². The van der Waals surface area contributed by atoms with Gasteiger partial charge in [0.15, 0.2) is 0 Å².